The lowest BCUT2D eigenvalue weighted by Crippen LogP contribution is -2.56. The number of fused-ring (bicyclic) bond motifs is 2. The van der Waals surface area contributed by atoms with Crippen LogP contribution in [0.5, 0.6) is 0 Å². The molecule has 35 heavy (non-hydrogen) atoms. The Labute approximate surface area is 206 Å². The SMILES string of the molecule is O[C@]1(Cc2ccc3ccccc3n2)[C@@H]([C@@H]2COC3(CCCCC3)O2)O[C@@H]2OC3(CCCCC3)O[C@@H]21. The summed E-state index contributed by atoms with van der Waals surface area (Å²) in [7, 11) is 0. The van der Waals surface area contributed by atoms with E-state index in [1.54, 1.807) is 0 Å². The predicted molar refractivity (Wildman–Crippen MR) is 127 cm³/mol. The summed E-state index contributed by atoms with van der Waals surface area (Å²) in [6.45, 7) is 0.405. The Morgan fingerprint density at radius 3 is 2.34 bits per heavy atom. The molecule has 1 aromatic heterocycles. The molecule has 7 nitrogen and oxygen atoms in total. The molecule has 0 bridgehead atoms. The fourth-order valence-corrected chi connectivity index (χ4v) is 6.96. The van der Waals surface area contributed by atoms with Gasteiger partial charge in [0.15, 0.2) is 17.9 Å². The molecule has 0 unspecified atom stereocenters. The van der Waals surface area contributed by atoms with Gasteiger partial charge >= 0.3 is 0 Å². The van der Waals surface area contributed by atoms with Crippen LogP contribution in [-0.2, 0) is 30.1 Å². The van der Waals surface area contributed by atoms with Crippen molar-refractivity contribution in [3.63, 3.8) is 0 Å². The van der Waals surface area contributed by atoms with Crippen molar-refractivity contribution in [2.45, 2.75) is 112 Å². The molecule has 2 spiro atoms. The van der Waals surface area contributed by atoms with E-state index < -0.39 is 35.7 Å². The van der Waals surface area contributed by atoms with E-state index in [-0.39, 0.29) is 6.10 Å². The third-order valence-electron chi connectivity index (χ3n) is 8.75. The zero-order valence-electron chi connectivity index (χ0n) is 20.2. The van der Waals surface area contributed by atoms with Crippen molar-refractivity contribution >= 4 is 10.9 Å². The molecule has 1 aromatic carbocycles. The van der Waals surface area contributed by atoms with Gasteiger partial charge in [0.1, 0.15) is 23.9 Å². The van der Waals surface area contributed by atoms with Crippen molar-refractivity contribution in [2.75, 3.05) is 6.61 Å². The topological polar surface area (TPSA) is 79.3 Å². The van der Waals surface area contributed by atoms with E-state index in [2.05, 4.69) is 6.07 Å². The molecule has 188 valence electrons. The van der Waals surface area contributed by atoms with Gasteiger partial charge in [-0.05, 0) is 37.8 Å². The molecule has 2 saturated carbocycles. The zero-order chi connectivity index (χ0) is 23.5. The summed E-state index contributed by atoms with van der Waals surface area (Å²) < 4.78 is 32.3. The van der Waals surface area contributed by atoms with Gasteiger partial charge in [0.25, 0.3) is 0 Å². The number of aromatic nitrogens is 1. The van der Waals surface area contributed by atoms with E-state index >= 15 is 0 Å². The van der Waals surface area contributed by atoms with Gasteiger partial charge in [-0.3, -0.25) is 4.98 Å². The van der Waals surface area contributed by atoms with Crippen molar-refractivity contribution in [1.29, 1.82) is 0 Å². The van der Waals surface area contributed by atoms with E-state index in [4.69, 9.17) is 28.7 Å². The first-order chi connectivity index (χ1) is 17.1. The van der Waals surface area contributed by atoms with Crippen molar-refractivity contribution in [2.24, 2.45) is 0 Å². The molecule has 1 N–H and O–H groups in total. The Hall–Kier alpha value is -1.61. The van der Waals surface area contributed by atoms with Gasteiger partial charge in [-0.25, -0.2) is 0 Å². The second-order valence-corrected chi connectivity index (χ2v) is 11.2. The Morgan fingerprint density at radius 2 is 1.54 bits per heavy atom. The molecule has 4 heterocycles. The Bertz CT molecular complexity index is 1080. The summed E-state index contributed by atoms with van der Waals surface area (Å²) in [4.78, 5) is 4.86. The molecular formula is C28H35NO6. The average molecular weight is 482 g/mol. The highest BCUT2D eigenvalue weighted by molar-refractivity contribution is 5.78. The molecule has 5 aliphatic rings. The average Bonchev–Trinajstić information content (AvgIpc) is 3.51. The molecular weight excluding hydrogens is 446 g/mol. The highest BCUT2D eigenvalue weighted by Crippen LogP contribution is 2.51. The first-order valence-corrected chi connectivity index (χ1v) is 13.5. The minimum Gasteiger partial charge on any atom is -0.384 e. The Balaban J connectivity index is 1.20. The Kier molecular flexibility index (Phi) is 5.46. The molecule has 3 saturated heterocycles. The van der Waals surface area contributed by atoms with Gasteiger partial charge in [-0.2, -0.15) is 0 Å². The van der Waals surface area contributed by atoms with E-state index in [0.29, 0.717) is 13.0 Å². The predicted octanol–water partition coefficient (Wildman–Crippen LogP) is 4.38. The number of pyridine rings is 1. The van der Waals surface area contributed by atoms with Gasteiger partial charge in [0, 0.05) is 43.2 Å². The number of hydrogen-bond acceptors (Lipinski definition) is 7. The van der Waals surface area contributed by atoms with Crippen LogP contribution in [0, 0.1) is 0 Å². The van der Waals surface area contributed by atoms with E-state index in [1.807, 2.05) is 30.3 Å². The fraction of sp³-hybridized carbons (Fsp3) is 0.679. The number of aliphatic hydroxyl groups is 1. The molecule has 2 aliphatic carbocycles. The standard InChI is InChI=1S/C28H35NO6/c30-28(17-20-12-11-19-9-3-4-10-21(19)29-20)23(22-18-31-26(33-22)13-5-1-6-14-26)32-25-24(28)34-27(35-25)15-7-2-8-16-27/h3-4,9-12,22-25,30H,1-2,5-8,13-18H2/t22-,23+,24-,25+,28+/m0/s1. The monoisotopic (exact) mass is 481 g/mol. The quantitative estimate of drug-likeness (QED) is 0.697. The third-order valence-corrected chi connectivity index (χ3v) is 8.75. The van der Waals surface area contributed by atoms with Gasteiger partial charge in [0.2, 0.25) is 0 Å². The van der Waals surface area contributed by atoms with Crippen LogP contribution < -0.4 is 0 Å². The number of hydrogen-bond donors (Lipinski definition) is 1. The molecule has 2 aromatic rings. The van der Waals surface area contributed by atoms with Crippen molar-refractivity contribution in [3.8, 4) is 0 Å². The molecule has 7 rings (SSSR count). The first-order valence-electron chi connectivity index (χ1n) is 13.5. The van der Waals surface area contributed by atoms with Crippen molar-refractivity contribution in [1.82, 2.24) is 4.98 Å². The summed E-state index contributed by atoms with van der Waals surface area (Å²) in [5, 5.41) is 13.5. The van der Waals surface area contributed by atoms with Crippen LogP contribution >= 0.6 is 0 Å². The number of benzene rings is 1. The van der Waals surface area contributed by atoms with Gasteiger partial charge in [-0.15, -0.1) is 0 Å². The lowest BCUT2D eigenvalue weighted by Gasteiger charge is -2.39. The highest BCUT2D eigenvalue weighted by atomic mass is 16.8. The minimum atomic E-state index is -1.34. The number of para-hydroxylation sites is 1. The maximum Gasteiger partial charge on any atom is 0.190 e. The van der Waals surface area contributed by atoms with Crippen LogP contribution in [0.1, 0.15) is 69.9 Å². The van der Waals surface area contributed by atoms with Crippen LogP contribution in [0.25, 0.3) is 10.9 Å². The Morgan fingerprint density at radius 1 is 0.800 bits per heavy atom. The van der Waals surface area contributed by atoms with E-state index in [1.165, 1.54) is 12.8 Å². The van der Waals surface area contributed by atoms with Crippen LogP contribution in [0.4, 0.5) is 0 Å². The molecule has 7 heteroatoms. The summed E-state index contributed by atoms with van der Waals surface area (Å²) in [6, 6.07) is 12.1. The normalized spacial score (nSPS) is 37.9. The van der Waals surface area contributed by atoms with E-state index in [0.717, 1.165) is 68.0 Å². The third kappa shape index (κ3) is 3.83. The largest absolute Gasteiger partial charge is 0.384 e. The lowest BCUT2D eigenvalue weighted by molar-refractivity contribution is -0.272. The van der Waals surface area contributed by atoms with Crippen molar-refractivity contribution in [3.05, 3.63) is 42.1 Å². The van der Waals surface area contributed by atoms with Gasteiger partial charge in [0.05, 0.1) is 12.1 Å². The lowest BCUT2D eigenvalue weighted by atomic mass is 9.84. The zero-order valence-corrected chi connectivity index (χ0v) is 20.2. The molecule has 0 amide bonds. The number of rotatable bonds is 3. The fourth-order valence-electron chi connectivity index (χ4n) is 6.96. The van der Waals surface area contributed by atoms with Crippen LogP contribution in [0.2, 0.25) is 0 Å². The van der Waals surface area contributed by atoms with Gasteiger partial charge in [-0.1, -0.05) is 37.1 Å². The summed E-state index contributed by atoms with van der Waals surface area (Å²) in [5.41, 5.74) is 0.379. The van der Waals surface area contributed by atoms with Crippen LogP contribution in [-0.4, -0.2) is 58.5 Å². The maximum atomic E-state index is 12.4. The molecule has 5 fully saturated rings. The maximum absolute atomic E-state index is 12.4. The highest BCUT2D eigenvalue weighted by Gasteiger charge is 2.67. The molecule has 3 aliphatic heterocycles. The van der Waals surface area contributed by atoms with Gasteiger partial charge < -0.3 is 28.8 Å². The number of ether oxygens (including phenoxy) is 5. The molecule has 5 atom stereocenters. The summed E-state index contributed by atoms with van der Waals surface area (Å²) >= 11 is 0. The van der Waals surface area contributed by atoms with Crippen molar-refractivity contribution < 1.29 is 28.8 Å². The minimum absolute atomic E-state index is 0.302. The number of nitrogens with zero attached hydrogens (tertiary/aromatic N) is 1. The summed E-state index contributed by atoms with van der Waals surface area (Å²) in [5.74, 6) is -1.20. The second kappa shape index (κ2) is 8.47. The smallest absolute Gasteiger partial charge is 0.190 e. The van der Waals surface area contributed by atoms with Crippen LogP contribution in [0.15, 0.2) is 36.4 Å². The molecule has 0 radical (unpaired) electrons. The first kappa shape index (κ1) is 22.6. The van der Waals surface area contributed by atoms with Crippen LogP contribution in [0.3, 0.4) is 0 Å². The summed E-state index contributed by atoms with van der Waals surface area (Å²) in [6.07, 6.45) is 8.29. The second-order valence-electron chi connectivity index (χ2n) is 11.2. The van der Waals surface area contributed by atoms with E-state index in [9.17, 15) is 5.11 Å².